The Labute approximate surface area is 276 Å². The van der Waals surface area contributed by atoms with Crippen molar-refractivity contribution in [3.05, 3.63) is 168 Å². The van der Waals surface area contributed by atoms with E-state index in [1.54, 1.807) is 14.2 Å². The lowest BCUT2D eigenvalue weighted by molar-refractivity contribution is 0.415. The van der Waals surface area contributed by atoms with Crippen LogP contribution in [0.1, 0.15) is 22.6 Å². The predicted octanol–water partition coefficient (Wildman–Crippen LogP) is 10.5. The third-order valence-corrected chi connectivity index (χ3v) is 8.73. The largest absolute Gasteiger partial charge is 0.497 e. The molecule has 7 rings (SSSR count). The predicted molar refractivity (Wildman–Crippen MR) is 195 cm³/mol. The van der Waals surface area contributed by atoms with Gasteiger partial charge in [0.15, 0.2) is 0 Å². The number of nitrogens with zero attached hydrogens (tertiary/aromatic N) is 1. The van der Waals surface area contributed by atoms with Gasteiger partial charge in [-0.1, -0.05) is 72.8 Å². The van der Waals surface area contributed by atoms with Gasteiger partial charge in [-0.15, -0.1) is 0 Å². The van der Waals surface area contributed by atoms with E-state index >= 15 is 0 Å². The molecule has 0 bridgehead atoms. The Balaban J connectivity index is 1.32. The van der Waals surface area contributed by atoms with Crippen LogP contribution in [0, 0.1) is 0 Å². The van der Waals surface area contributed by atoms with Crippen LogP contribution >= 0.6 is 0 Å². The van der Waals surface area contributed by atoms with E-state index in [0.29, 0.717) is 0 Å². The van der Waals surface area contributed by atoms with E-state index in [0.717, 1.165) is 34.2 Å². The van der Waals surface area contributed by atoms with Crippen molar-refractivity contribution in [3.63, 3.8) is 0 Å². The average Bonchev–Trinajstić information content (AvgIpc) is 3.42. The van der Waals surface area contributed by atoms with Gasteiger partial charge in [0.25, 0.3) is 0 Å². The Morgan fingerprint density at radius 2 is 0.915 bits per heavy atom. The fraction of sp³-hybridized carbons (Fsp3) is 0.0952. The van der Waals surface area contributed by atoms with Crippen molar-refractivity contribution in [2.75, 3.05) is 24.9 Å². The quantitative estimate of drug-likeness (QED) is 0.161. The van der Waals surface area contributed by atoms with Gasteiger partial charge < -0.3 is 24.7 Å². The summed E-state index contributed by atoms with van der Waals surface area (Å²) in [6.45, 7) is 0. The lowest BCUT2D eigenvalue weighted by atomic mass is 9.82. The maximum absolute atomic E-state index is 5.33. The first-order chi connectivity index (χ1) is 23.1. The Bertz CT molecular complexity index is 1990. The van der Waals surface area contributed by atoms with Crippen molar-refractivity contribution in [2.45, 2.75) is 5.92 Å². The summed E-state index contributed by atoms with van der Waals surface area (Å²) in [5.74, 6) is 1.66. The molecule has 2 N–H and O–H groups in total. The lowest BCUT2D eigenvalue weighted by Gasteiger charge is -2.22. The second-order valence-corrected chi connectivity index (χ2v) is 11.6. The van der Waals surface area contributed by atoms with E-state index in [4.69, 9.17) is 9.47 Å². The second-order valence-electron chi connectivity index (χ2n) is 11.6. The molecular weight excluding hydrogens is 578 g/mol. The number of para-hydroxylation sites is 1. The zero-order valence-electron chi connectivity index (χ0n) is 26.8. The summed E-state index contributed by atoms with van der Waals surface area (Å²) in [6, 6.07) is 53.1. The summed E-state index contributed by atoms with van der Waals surface area (Å²) in [4.78, 5) is 0. The molecule has 6 aromatic carbocycles. The zero-order valence-corrected chi connectivity index (χ0v) is 26.8. The van der Waals surface area contributed by atoms with E-state index < -0.39 is 0 Å². The molecule has 0 atom stereocenters. The number of benzene rings is 6. The highest BCUT2D eigenvalue weighted by Crippen LogP contribution is 2.44. The number of methoxy groups -OCH3 is 2. The SMILES string of the molecule is COc1ccc(Nc2ccc(C(c3ccc(Nc4ccc(OC)cc4)cc3)c3c(-c4ccccc4)n(C)c4ccccc34)cc2)cc1. The minimum Gasteiger partial charge on any atom is -0.497 e. The number of hydrogen-bond acceptors (Lipinski definition) is 4. The number of rotatable bonds is 10. The third-order valence-electron chi connectivity index (χ3n) is 8.73. The molecule has 232 valence electrons. The minimum absolute atomic E-state index is 0.0126. The Hall–Kier alpha value is -5.94. The van der Waals surface area contributed by atoms with Gasteiger partial charge in [-0.25, -0.2) is 0 Å². The first-order valence-electron chi connectivity index (χ1n) is 15.8. The van der Waals surface area contributed by atoms with Crippen LogP contribution in [0.25, 0.3) is 22.2 Å². The molecule has 0 saturated carbocycles. The number of nitrogens with one attached hydrogen (secondary N) is 2. The Kier molecular flexibility index (Phi) is 8.35. The van der Waals surface area contributed by atoms with Crippen molar-refractivity contribution in [1.29, 1.82) is 0 Å². The molecule has 7 aromatic rings. The average molecular weight is 616 g/mol. The maximum atomic E-state index is 5.33. The molecule has 5 nitrogen and oxygen atoms in total. The smallest absolute Gasteiger partial charge is 0.119 e. The van der Waals surface area contributed by atoms with Gasteiger partial charge in [-0.2, -0.15) is 0 Å². The molecule has 0 aliphatic carbocycles. The molecule has 0 amide bonds. The van der Waals surface area contributed by atoms with Crippen LogP contribution in [0.4, 0.5) is 22.7 Å². The van der Waals surface area contributed by atoms with Crippen molar-refractivity contribution in [2.24, 2.45) is 7.05 Å². The number of anilines is 4. The van der Waals surface area contributed by atoms with E-state index in [-0.39, 0.29) is 5.92 Å². The van der Waals surface area contributed by atoms with E-state index in [1.165, 1.54) is 38.9 Å². The summed E-state index contributed by atoms with van der Waals surface area (Å²) in [6.07, 6.45) is 0. The number of ether oxygens (including phenoxy) is 2. The fourth-order valence-electron chi connectivity index (χ4n) is 6.39. The number of aryl methyl sites for hydroxylation is 1. The fourth-order valence-corrected chi connectivity index (χ4v) is 6.39. The zero-order chi connectivity index (χ0) is 32.2. The van der Waals surface area contributed by atoms with Gasteiger partial charge >= 0.3 is 0 Å². The van der Waals surface area contributed by atoms with Gasteiger partial charge in [0, 0.05) is 46.6 Å². The molecule has 0 radical (unpaired) electrons. The van der Waals surface area contributed by atoms with Crippen molar-refractivity contribution in [3.8, 4) is 22.8 Å². The Morgan fingerprint density at radius 1 is 0.489 bits per heavy atom. The molecule has 1 aromatic heterocycles. The molecular formula is C42H37N3O2. The molecule has 1 heterocycles. The van der Waals surface area contributed by atoms with E-state index in [9.17, 15) is 0 Å². The lowest BCUT2D eigenvalue weighted by Crippen LogP contribution is -2.06. The molecule has 0 fully saturated rings. The van der Waals surface area contributed by atoms with Gasteiger partial charge in [0.2, 0.25) is 0 Å². The Morgan fingerprint density at radius 3 is 1.38 bits per heavy atom. The van der Waals surface area contributed by atoms with Crippen LogP contribution in [0.5, 0.6) is 11.5 Å². The van der Waals surface area contributed by atoms with Gasteiger partial charge in [-0.05, 0) is 101 Å². The monoisotopic (exact) mass is 615 g/mol. The van der Waals surface area contributed by atoms with Gasteiger partial charge in [-0.3, -0.25) is 0 Å². The topological polar surface area (TPSA) is 47.4 Å². The van der Waals surface area contributed by atoms with E-state index in [2.05, 4.69) is 125 Å². The second kappa shape index (κ2) is 13.2. The van der Waals surface area contributed by atoms with Crippen molar-refractivity contribution < 1.29 is 9.47 Å². The highest BCUT2D eigenvalue weighted by atomic mass is 16.5. The molecule has 0 aliphatic rings. The number of aromatic nitrogens is 1. The summed E-state index contributed by atoms with van der Waals surface area (Å²) in [5.41, 5.74) is 11.4. The summed E-state index contributed by atoms with van der Waals surface area (Å²) < 4.78 is 13.0. The van der Waals surface area contributed by atoms with Crippen LogP contribution in [0.15, 0.2) is 152 Å². The van der Waals surface area contributed by atoms with Crippen molar-refractivity contribution >= 4 is 33.7 Å². The molecule has 0 aliphatic heterocycles. The highest BCUT2D eigenvalue weighted by molar-refractivity contribution is 5.93. The third kappa shape index (κ3) is 6.16. The standard InChI is InChI=1S/C42H37N3O2/c1-45-39-12-8-7-11-38(39)41(42(45)31-9-5-4-6-10-31)40(29-13-17-32(18-14-29)43-34-21-25-36(46-2)26-22-34)30-15-19-33(20-16-30)44-35-23-27-37(47-3)28-24-35/h4-28,40,43-44H,1-3H3. The number of hydrogen-bond donors (Lipinski definition) is 2. The summed E-state index contributed by atoms with van der Waals surface area (Å²) in [5, 5.41) is 8.32. The van der Waals surface area contributed by atoms with Crippen LogP contribution in [0.2, 0.25) is 0 Å². The molecule has 5 heteroatoms. The van der Waals surface area contributed by atoms with Gasteiger partial charge in [0.05, 0.1) is 19.9 Å². The van der Waals surface area contributed by atoms with Crippen LogP contribution in [-0.4, -0.2) is 18.8 Å². The van der Waals surface area contributed by atoms with E-state index in [1.807, 2.05) is 48.5 Å². The molecule has 0 spiro atoms. The van der Waals surface area contributed by atoms with Crippen LogP contribution < -0.4 is 20.1 Å². The molecule has 0 unspecified atom stereocenters. The molecule has 0 saturated heterocycles. The summed E-state index contributed by atoms with van der Waals surface area (Å²) in [7, 11) is 5.54. The minimum atomic E-state index is -0.0126. The van der Waals surface area contributed by atoms with Crippen LogP contribution in [0.3, 0.4) is 0 Å². The normalized spacial score (nSPS) is 11.1. The molecule has 47 heavy (non-hydrogen) atoms. The van der Waals surface area contributed by atoms with Crippen LogP contribution in [-0.2, 0) is 7.05 Å². The summed E-state index contributed by atoms with van der Waals surface area (Å²) >= 11 is 0. The number of fused-ring (bicyclic) bond motifs is 1. The first-order valence-corrected chi connectivity index (χ1v) is 15.8. The maximum Gasteiger partial charge on any atom is 0.119 e. The van der Waals surface area contributed by atoms with Gasteiger partial charge in [0.1, 0.15) is 11.5 Å². The highest BCUT2D eigenvalue weighted by Gasteiger charge is 2.27. The first kappa shape index (κ1) is 29.8. The van der Waals surface area contributed by atoms with Crippen molar-refractivity contribution in [1.82, 2.24) is 4.57 Å².